The number of Topliss-reactive ketones (excluding diaryl/α,β-unsaturated/α-hetero) is 1. The molecule has 0 saturated carbocycles. The summed E-state index contributed by atoms with van der Waals surface area (Å²) in [5.41, 5.74) is 1.82. The standard InChI is InChI=1S/C23H22N2O4S/c1-15(26)21-20(16-8-3-2-4-9-16)24-23(30-21)25-22(27)18-11-5-6-12-19(18)29-14-17-10-7-13-28-17/h2-6,8-9,11-12,17H,7,10,13-14H2,1H3,(H,24,25,27)/t17-/m1/s1. The van der Waals surface area contributed by atoms with E-state index in [0.29, 0.717) is 33.6 Å². The van der Waals surface area contributed by atoms with Crippen LogP contribution in [0.2, 0.25) is 0 Å². The number of carbonyl (C=O) groups excluding carboxylic acids is 2. The lowest BCUT2D eigenvalue weighted by atomic mass is 10.1. The number of ketones is 1. The van der Waals surface area contributed by atoms with Crippen molar-refractivity contribution in [2.75, 3.05) is 18.5 Å². The maximum Gasteiger partial charge on any atom is 0.261 e. The summed E-state index contributed by atoms with van der Waals surface area (Å²) in [5.74, 6) is 0.0747. The molecule has 6 nitrogen and oxygen atoms in total. The molecule has 1 N–H and O–H groups in total. The summed E-state index contributed by atoms with van der Waals surface area (Å²) in [5, 5.41) is 3.19. The van der Waals surface area contributed by atoms with Gasteiger partial charge in [0.15, 0.2) is 10.9 Å². The third-order valence-electron chi connectivity index (χ3n) is 4.80. The van der Waals surface area contributed by atoms with Crippen LogP contribution in [0.3, 0.4) is 0 Å². The Balaban J connectivity index is 1.54. The van der Waals surface area contributed by atoms with E-state index in [0.717, 1.165) is 25.0 Å². The van der Waals surface area contributed by atoms with Crippen molar-refractivity contribution in [2.45, 2.75) is 25.9 Å². The van der Waals surface area contributed by atoms with E-state index in [-0.39, 0.29) is 17.8 Å². The van der Waals surface area contributed by atoms with Crippen LogP contribution in [0.1, 0.15) is 39.8 Å². The molecule has 0 bridgehead atoms. The zero-order valence-corrected chi connectivity index (χ0v) is 17.4. The number of carbonyl (C=O) groups is 2. The number of nitrogens with one attached hydrogen (secondary N) is 1. The number of amides is 1. The summed E-state index contributed by atoms with van der Waals surface area (Å²) in [6.45, 7) is 2.66. The van der Waals surface area contributed by atoms with Gasteiger partial charge in [0.2, 0.25) is 0 Å². The normalized spacial score (nSPS) is 15.7. The zero-order chi connectivity index (χ0) is 20.9. The van der Waals surface area contributed by atoms with E-state index >= 15 is 0 Å². The van der Waals surface area contributed by atoms with Crippen LogP contribution in [0.15, 0.2) is 54.6 Å². The maximum absolute atomic E-state index is 12.9. The van der Waals surface area contributed by atoms with Crippen LogP contribution in [0.4, 0.5) is 5.13 Å². The summed E-state index contributed by atoms with van der Waals surface area (Å²) < 4.78 is 11.4. The van der Waals surface area contributed by atoms with Crippen LogP contribution in [-0.2, 0) is 4.74 Å². The molecule has 1 aliphatic heterocycles. The molecule has 0 radical (unpaired) electrons. The number of hydrogen-bond donors (Lipinski definition) is 1. The van der Waals surface area contributed by atoms with E-state index in [4.69, 9.17) is 9.47 Å². The van der Waals surface area contributed by atoms with Crippen molar-refractivity contribution in [1.29, 1.82) is 0 Å². The van der Waals surface area contributed by atoms with Crippen LogP contribution in [-0.4, -0.2) is 36.0 Å². The third-order valence-corrected chi connectivity index (χ3v) is 5.87. The average molecular weight is 423 g/mol. The first-order chi connectivity index (χ1) is 14.6. The van der Waals surface area contributed by atoms with Crippen LogP contribution in [0, 0.1) is 0 Å². The SMILES string of the molecule is CC(=O)c1sc(NC(=O)c2ccccc2OC[C@H]2CCCO2)nc1-c1ccccc1. The molecule has 1 amide bonds. The van der Waals surface area contributed by atoms with Gasteiger partial charge in [-0.15, -0.1) is 0 Å². The van der Waals surface area contributed by atoms with Crippen molar-refractivity contribution in [1.82, 2.24) is 4.98 Å². The van der Waals surface area contributed by atoms with Gasteiger partial charge >= 0.3 is 0 Å². The Morgan fingerprint density at radius 3 is 2.67 bits per heavy atom. The Bertz CT molecular complexity index is 1040. The van der Waals surface area contributed by atoms with Crippen molar-refractivity contribution < 1.29 is 19.1 Å². The summed E-state index contributed by atoms with van der Waals surface area (Å²) in [7, 11) is 0. The Hall–Kier alpha value is -3.03. The van der Waals surface area contributed by atoms with Gasteiger partial charge in [0, 0.05) is 19.1 Å². The molecule has 154 valence electrons. The van der Waals surface area contributed by atoms with E-state index in [1.54, 1.807) is 18.2 Å². The van der Waals surface area contributed by atoms with Crippen molar-refractivity contribution >= 4 is 28.2 Å². The van der Waals surface area contributed by atoms with E-state index in [1.807, 2.05) is 36.4 Å². The fourth-order valence-corrected chi connectivity index (χ4v) is 4.18. The number of anilines is 1. The Morgan fingerprint density at radius 1 is 1.17 bits per heavy atom. The van der Waals surface area contributed by atoms with Crippen LogP contribution in [0.5, 0.6) is 5.75 Å². The minimum absolute atomic E-state index is 0.0617. The third kappa shape index (κ3) is 4.58. The maximum atomic E-state index is 12.9. The fourth-order valence-electron chi connectivity index (χ4n) is 3.31. The quantitative estimate of drug-likeness (QED) is 0.552. The number of para-hydroxylation sites is 1. The second-order valence-corrected chi connectivity index (χ2v) is 8.01. The first-order valence-corrected chi connectivity index (χ1v) is 10.7. The number of nitrogens with zero attached hydrogens (tertiary/aromatic N) is 1. The monoisotopic (exact) mass is 422 g/mol. The molecular weight excluding hydrogens is 400 g/mol. The fraction of sp³-hybridized carbons (Fsp3) is 0.261. The molecule has 1 fully saturated rings. The van der Waals surface area contributed by atoms with Gasteiger partial charge in [-0.1, -0.05) is 53.8 Å². The molecular formula is C23H22N2O4S. The number of thiazole rings is 1. The van der Waals surface area contributed by atoms with E-state index in [9.17, 15) is 9.59 Å². The van der Waals surface area contributed by atoms with Gasteiger partial charge < -0.3 is 9.47 Å². The molecule has 0 unspecified atom stereocenters. The molecule has 1 aliphatic rings. The number of hydrogen-bond acceptors (Lipinski definition) is 6. The number of aromatic nitrogens is 1. The average Bonchev–Trinajstić information content (AvgIpc) is 3.43. The smallest absolute Gasteiger partial charge is 0.261 e. The van der Waals surface area contributed by atoms with Gasteiger partial charge in [0.05, 0.1) is 22.2 Å². The van der Waals surface area contributed by atoms with Gasteiger partial charge in [0.1, 0.15) is 12.4 Å². The second-order valence-electron chi connectivity index (χ2n) is 7.02. The summed E-state index contributed by atoms with van der Waals surface area (Å²) >= 11 is 1.17. The highest BCUT2D eigenvalue weighted by molar-refractivity contribution is 7.18. The molecule has 2 heterocycles. The molecule has 1 aromatic heterocycles. The molecule has 4 rings (SSSR count). The molecule has 0 spiro atoms. The molecule has 3 aromatic rings. The molecule has 0 aliphatic carbocycles. The highest BCUT2D eigenvalue weighted by Gasteiger charge is 2.21. The van der Waals surface area contributed by atoms with Gasteiger partial charge in [-0.3, -0.25) is 14.9 Å². The Morgan fingerprint density at radius 2 is 1.93 bits per heavy atom. The molecule has 7 heteroatoms. The van der Waals surface area contributed by atoms with Gasteiger partial charge in [-0.2, -0.15) is 0 Å². The van der Waals surface area contributed by atoms with Gasteiger partial charge in [0.25, 0.3) is 5.91 Å². The van der Waals surface area contributed by atoms with Crippen LogP contribution in [0.25, 0.3) is 11.3 Å². The topological polar surface area (TPSA) is 77.5 Å². The minimum atomic E-state index is -0.332. The first kappa shape index (κ1) is 20.3. The van der Waals surface area contributed by atoms with Crippen molar-refractivity contribution in [3.63, 3.8) is 0 Å². The first-order valence-electron chi connectivity index (χ1n) is 9.84. The largest absolute Gasteiger partial charge is 0.490 e. The number of ether oxygens (including phenoxy) is 2. The summed E-state index contributed by atoms with van der Waals surface area (Å²) in [6.07, 6.45) is 2.05. The van der Waals surface area contributed by atoms with Crippen LogP contribution >= 0.6 is 11.3 Å². The lowest BCUT2D eigenvalue weighted by molar-refractivity contribution is 0.0673. The van der Waals surface area contributed by atoms with E-state index in [1.165, 1.54) is 18.3 Å². The molecule has 1 saturated heterocycles. The van der Waals surface area contributed by atoms with Gasteiger partial charge in [-0.05, 0) is 25.0 Å². The van der Waals surface area contributed by atoms with Crippen molar-refractivity contribution in [3.8, 4) is 17.0 Å². The zero-order valence-electron chi connectivity index (χ0n) is 16.6. The predicted molar refractivity (Wildman–Crippen MR) is 116 cm³/mol. The number of rotatable bonds is 7. The molecule has 30 heavy (non-hydrogen) atoms. The van der Waals surface area contributed by atoms with E-state index in [2.05, 4.69) is 10.3 Å². The van der Waals surface area contributed by atoms with Crippen LogP contribution < -0.4 is 10.1 Å². The van der Waals surface area contributed by atoms with E-state index < -0.39 is 0 Å². The second kappa shape index (κ2) is 9.19. The number of benzene rings is 2. The molecule has 1 atom stereocenters. The summed E-state index contributed by atoms with van der Waals surface area (Å²) in [4.78, 5) is 30.0. The Kier molecular flexibility index (Phi) is 6.21. The highest BCUT2D eigenvalue weighted by Crippen LogP contribution is 2.32. The lowest BCUT2D eigenvalue weighted by Crippen LogP contribution is -2.19. The van der Waals surface area contributed by atoms with Crippen molar-refractivity contribution in [3.05, 3.63) is 65.0 Å². The lowest BCUT2D eigenvalue weighted by Gasteiger charge is -2.14. The molecule has 2 aromatic carbocycles. The predicted octanol–water partition coefficient (Wildman–Crippen LogP) is 4.82. The highest BCUT2D eigenvalue weighted by atomic mass is 32.1. The minimum Gasteiger partial charge on any atom is -0.490 e. The van der Waals surface area contributed by atoms with Gasteiger partial charge in [-0.25, -0.2) is 4.98 Å². The summed E-state index contributed by atoms with van der Waals surface area (Å²) in [6, 6.07) is 16.5. The van der Waals surface area contributed by atoms with Crippen molar-refractivity contribution in [2.24, 2.45) is 0 Å². The Labute approximate surface area is 178 Å².